The molecule has 0 saturated carbocycles. The van der Waals surface area contributed by atoms with Gasteiger partial charge in [0, 0.05) is 17.3 Å². The number of nitrogens with one attached hydrogen (secondary N) is 1. The zero-order valence-corrected chi connectivity index (χ0v) is 12.9. The molecule has 0 bridgehead atoms. The second kappa shape index (κ2) is 6.41. The molecule has 0 aliphatic carbocycles. The van der Waals surface area contributed by atoms with Crippen molar-refractivity contribution in [2.24, 2.45) is 0 Å². The Morgan fingerprint density at radius 3 is 2.71 bits per heavy atom. The van der Waals surface area contributed by atoms with Gasteiger partial charge < -0.3 is 15.3 Å². The van der Waals surface area contributed by atoms with E-state index in [-0.39, 0.29) is 23.5 Å². The van der Waals surface area contributed by atoms with Crippen LogP contribution < -0.4 is 10.9 Å². The zero-order valence-electron chi connectivity index (χ0n) is 12.9. The highest BCUT2D eigenvalue weighted by Crippen LogP contribution is 2.27. The number of rotatable bonds is 4. The predicted octanol–water partition coefficient (Wildman–Crippen LogP) is 2.55. The lowest BCUT2D eigenvalue weighted by Crippen LogP contribution is -2.28. The number of anilines is 2. The summed E-state index contributed by atoms with van der Waals surface area (Å²) in [5, 5.41) is 13.5. The Morgan fingerprint density at radius 2 is 2.00 bits per heavy atom. The molecule has 0 amide bonds. The highest BCUT2D eigenvalue weighted by Gasteiger charge is 2.24. The van der Waals surface area contributed by atoms with Gasteiger partial charge in [0.2, 0.25) is 0 Å². The number of para-hydroxylation sites is 1. The van der Waals surface area contributed by atoms with E-state index in [1.165, 1.54) is 6.20 Å². The maximum atomic E-state index is 12.4. The molecule has 2 heterocycles. The van der Waals surface area contributed by atoms with Gasteiger partial charge >= 0.3 is 11.5 Å². The lowest BCUT2D eigenvalue weighted by atomic mass is 10.1. The van der Waals surface area contributed by atoms with E-state index in [1.54, 1.807) is 31.2 Å². The standard InChI is InChI=1S/C17H15N3O4/c1-2-24-17(22)13-14(19-11-7-4-3-5-8-11)12-9-6-10-18-15(12)20(23)16(13)21/h3-10,19,23H,2H2,1H3. The Morgan fingerprint density at radius 1 is 1.25 bits per heavy atom. The normalized spacial score (nSPS) is 10.5. The molecule has 122 valence electrons. The van der Waals surface area contributed by atoms with Crippen molar-refractivity contribution in [2.45, 2.75) is 6.92 Å². The Hall–Kier alpha value is -3.35. The predicted molar refractivity (Wildman–Crippen MR) is 88.9 cm³/mol. The minimum absolute atomic E-state index is 0.0500. The van der Waals surface area contributed by atoms with Gasteiger partial charge in [0.25, 0.3) is 0 Å². The van der Waals surface area contributed by atoms with E-state index in [0.717, 1.165) is 0 Å². The molecule has 0 fully saturated rings. The van der Waals surface area contributed by atoms with E-state index in [9.17, 15) is 14.8 Å². The molecule has 0 unspecified atom stereocenters. The maximum absolute atomic E-state index is 12.4. The highest BCUT2D eigenvalue weighted by atomic mass is 16.5. The third kappa shape index (κ3) is 2.67. The van der Waals surface area contributed by atoms with Crippen LogP contribution in [0.4, 0.5) is 11.4 Å². The first-order valence-electron chi connectivity index (χ1n) is 7.35. The van der Waals surface area contributed by atoms with Crippen LogP contribution >= 0.6 is 0 Å². The van der Waals surface area contributed by atoms with Gasteiger partial charge in [-0.05, 0) is 31.2 Å². The summed E-state index contributed by atoms with van der Waals surface area (Å²) in [4.78, 5) is 28.7. The van der Waals surface area contributed by atoms with Crippen LogP contribution in [0.2, 0.25) is 0 Å². The van der Waals surface area contributed by atoms with Gasteiger partial charge in [-0.15, -0.1) is 4.73 Å². The minimum atomic E-state index is -0.891. The van der Waals surface area contributed by atoms with Crippen LogP contribution in [-0.2, 0) is 4.74 Å². The van der Waals surface area contributed by atoms with Crippen molar-refractivity contribution < 1.29 is 14.7 Å². The molecule has 0 aliphatic rings. The van der Waals surface area contributed by atoms with Crippen molar-refractivity contribution in [3.8, 4) is 0 Å². The monoisotopic (exact) mass is 325 g/mol. The molecule has 2 aromatic heterocycles. The van der Waals surface area contributed by atoms with Gasteiger partial charge in [-0.1, -0.05) is 18.2 Å². The molecular formula is C17H15N3O4. The molecule has 0 radical (unpaired) electrons. The van der Waals surface area contributed by atoms with Gasteiger partial charge in [0.15, 0.2) is 11.2 Å². The maximum Gasteiger partial charge on any atom is 0.346 e. The zero-order chi connectivity index (χ0) is 17.1. The summed E-state index contributed by atoms with van der Waals surface area (Å²) in [6.07, 6.45) is 1.45. The van der Waals surface area contributed by atoms with Crippen LogP contribution in [0.1, 0.15) is 17.3 Å². The first-order chi connectivity index (χ1) is 11.6. The fourth-order valence-electron chi connectivity index (χ4n) is 2.39. The topological polar surface area (TPSA) is 93.4 Å². The molecule has 0 atom stereocenters. The lowest BCUT2D eigenvalue weighted by molar-refractivity contribution is 0.0520. The van der Waals surface area contributed by atoms with Crippen LogP contribution in [0.3, 0.4) is 0 Å². The third-order valence-corrected chi connectivity index (χ3v) is 3.44. The third-order valence-electron chi connectivity index (χ3n) is 3.44. The molecule has 0 spiro atoms. The fraction of sp³-hybridized carbons (Fsp3) is 0.118. The van der Waals surface area contributed by atoms with E-state index in [4.69, 9.17) is 4.74 Å². The van der Waals surface area contributed by atoms with Gasteiger partial charge in [0.1, 0.15) is 0 Å². The second-order valence-electron chi connectivity index (χ2n) is 4.95. The van der Waals surface area contributed by atoms with Crippen molar-refractivity contribution in [3.05, 3.63) is 64.6 Å². The quantitative estimate of drug-likeness (QED) is 0.565. The average molecular weight is 325 g/mol. The van der Waals surface area contributed by atoms with E-state index in [0.29, 0.717) is 15.8 Å². The Bertz CT molecular complexity index is 951. The molecule has 0 saturated heterocycles. The molecular weight excluding hydrogens is 310 g/mol. The Kier molecular flexibility index (Phi) is 4.15. The van der Waals surface area contributed by atoms with Gasteiger partial charge in [-0.2, -0.15) is 0 Å². The summed E-state index contributed by atoms with van der Waals surface area (Å²) in [5.74, 6) is -0.811. The largest absolute Gasteiger partial charge is 0.462 e. The van der Waals surface area contributed by atoms with Gasteiger partial charge in [-0.25, -0.2) is 9.78 Å². The number of pyridine rings is 2. The van der Waals surface area contributed by atoms with Crippen molar-refractivity contribution in [1.82, 2.24) is 9.71 Å². The summed E-state index contributed by atoms with van der Waals surface area (Å²) in [6, 6.07) is 12.4. The van der Waals surface area contributed by atoms with Crippen LogP contribution in [-0.4, -0.2) is 27.5 Å². The second-order valence-corrected chi connectivity index (χ2v) is 4.95. The minimum Gasteiger partial charge on any atom is -0.462 e. The Balaban J connectivity index is 2.30. The van der Waals surface area contributed by atoms with Gasteiger partial charge in [-0.3, -0.25) is 4.79 Å². The highest BCUT2D eigenvalue weighted by molar-refractivity contribution is 6.05. The molecule has 3 rings (SSSR count). The lowest BCUT2D eigenvalue weighted by Gasteiger charge is -2.15. The molecule has 1 aromatic carbocycles. The molecule has 0 aliphatic heterocycles. The van der Waals surface area contributed by atoms with Gasteiger partial charge in [0.05, 0.1) is 12.3 Å². The number of ether oxygens (including phenoxy) is 1. The SMILES string of the molecule is CCOC(=O)c1c(Nc2ccccc2)c2cccnc2n(O)c1=O. The fourth-order valence-corrected chi connectivity index (χ4v) is 2.39. The summed E-state index contributed by atoms with van der Waals surface area (Å²) >= 11 is 0. The number of hydrogen-bond donors (Lipinski definition) is 2. The number of hydrogen-bond acceptors (Lipinski definition) is 6. The van der Waals surface area contributed by atoms with Crippen molar-refractivity contribution in [1.29, 1.82) is 0 Å². The number of carbonyl (C=O) groups is 1. The summed E-state index contributed by atoms with van der Waals surface area (Å²) in [7, 11) is 0. The van der Waals surface area contributed by atoms with Crippen molar-refractivity contribution in [2.75, 3.05) is 11.9 Å². The van der Waals surface area contributed by atoms with Crippen LogP contribution in [0.5, 0.6) is 0 Å². The number of benzene rings is 1. The van der Waals surface area contributed by atoms with Crippen molar-refractivity contribution >= 4 is 28.4 Å². The smallest absolute Gasteiger partial charge is 0.346 e. The van der Waals surface area contributed by atoms with E-state index < -0.39 is 11.5 Å². The molecule has 3 aromatic rings. The molecule has 24 heavy (non-hydrogen) atoms. The Labute approximate surface area is 137 Å². The van der Waals surface area contributed by atoms with Crippen molar-refractivity contribution in [3.63, 3.8) is 0 Å². The first kappa shape index (κ1) is 15.5. The number of carbonyl (C=O) groups excluding carboxylic acids is 1. The summed E-state index contributed by atoms with van der Waals surface area (Å²) in [5.41, 5.74) is -0.183. The van der Waals surface area contributed by atoms with E-state index >= 15 is 0 Å². The van der Waals surface area contributed by atoms with Crippen LogP contribution in [0.15, 0.2) is 53.5 Å². The first-order valence-corrected chi connectivity index (χ1v) is 7.35. The van der Waals surface area contributed by atoms with Crippen LogP contribution in [0, 0.1) is 0 Å². The molecule has 7 nitrogen and oxygen atoms in total. The number of aromatic nitrogens is 2. The van der Waals surface area contributed by atoms with E-state index in [2.05, 4.69) is 10.3 Å². The van der Waals surface area contributed by atoms with Crippen LogP contribution in [0.25, 0.3) is 11.0 Å². The average Bonchev–Trinajstić information content (AvgIpc) is 2.60. The molecule has 7 heteroatoms. The summed E-state index contributed by atoms with van der Waals surface area (Å²) in [6.45, 7) is 1.75. The molecule has 2 N–H and O–H groups in total. The number of fused-ring (bicyclic) bond motifs is 1. The summed E-state index contributed by atoms with van der Waals surface area (Å²) < 4.78 is 5.33. The number of esters is 1. The number of nitrogens with zero attached hydrogens (tertiary/aromatic N) is 2. The van der Waals surface area contributed by atoms with E-state index in [1.807, 2.05) is 18.2 Å².